The smallest absolute Gasteiger partial charge is 0.0159 e. The number of hydrogen-bond acceptors (Lipinski definition) is 1. The molecule has 0 amide bonds. The maximum atomic E-state index is 3.82. The lowest BCUT2D eigenvalue weighted by molar-refractivity contribution is 0.317. The highest BCUT2D eigenvalue weighted by Gasteiger charge is 2.30. The standard InChI is InChI=1S/C18H29N/c1-5-7-9-14-17(19-15-6-2)18(3,4)16-12-10-8-11-13-16/h5,8,10-13,17,19H,1,6-7,9,14-15H2,2-4H3. The molecular weight excluding hydrogens is 230 g/mol. The second-order valence-electron chi connectivity index (χ2n) is 5.81. The summed E-state index contributed by atoms with van der Waals surface area (Å²) in [5.74, 6) is 0. The van der Waals surface area contributed by atoms with Crippen LogP contribution in [0.5, 0.6) is 0 Å². The molecule has 0 aliphatic rings. The summed E-state index contributed by atoms with van der Waals surface area (Å²) in [7, 11) is 0. The third kappa shape index (κ3) is 4.83. The molecule has 0 bridgehead atoms. The number of unbranched alkanes of at least 4 members (excludes halogenated alkanes) is 1. The predicted octanol–water partition coefficient (Wildman–Crippen LogP) is 4.69. The van der Waals surface area contributed by atoms with E-state index >= 15 is 0 Å². The van der Waals surface area contributed by atoms with Crippen molar-refractivity contribution >= 4 is 0 Å². The molecule has 0 aliphatic heterocycles. The van der Waals surface area contributed by atoms with Gasteiger partial charge in [-0.2, -0.15) is 0 Å². The molecule has 0 spiro atoms. The first-order chi connectivity index (χ1) is 9.12. The quantitative estimate of drug-likeness (QED) is 0.501. The van der Waals surface area contributed by atoms with Crippen molar-refractivity contribution in [1.82, 2.24) is 5.32 Å². The van der Waals surface area contributed by atoms with Crippen LogP contribution in [0.2, 0.25) is 0 Å². The average molecular weight is 259 g/mol. The fourth-order valence-corrected chi connectivity index (χ4v) is 2.57. The van der Waals surface area contributed by atoms with Gasteiger partial charge in [0.05, 0.1) is 0 Å². The van der Waals surface area contributed by atoms with Crippen LogP contribution in [0, 0.1) is 0 Å². The maximum Gasteiger partial charge on any atom is 0.0159 e. The fourth-order valence-electron chi connectivity index (χ4n) is 2.57. The van der Waals surface area contributed by atoms with E-state index in [1.54, 1.807) is 0 Å². The molecule has 106 valence electrons. The molecule has 1 nitrogen and oxygen atoms in total. The van der Waals surface area contributed by atoms with E-state index in [1.165, 1.54) is 24.8 Å². The second-order valence-corrected chi connectivity index (χ2v) is 5.81. The van der Waals surface area contributed by atoms with Crippen LogP contribution in [-0.4, -0.2) is 12.6 Å². The zero-order valence-corrected chi connectivity index (χ0v) is 12.8. The van der Waals surface area contributed by atoms with Gasteiger partial charge >= 0.3 is 0 Å². The number of rotatable bonds is 9. The summed E-state index contributed by atoms with van der Waals surface area (Å²) in [5, 5.41) is 3.73. The van der Waals surface area contributed by atoms with Crippen LogP contribution in [0.15, 0.2) is 43.0 Å². The van der Waals surface area contributed by atoms with Crippen LogP contribution < -0.4 is 5.32 Å². The van der Waals surface area contributed by atoms with Gasteiger partial charge in [-0.1, -0.05) is 57.2 Å². The molecule has 0 aliphatic carbocycles. The Kier molecular flexibility index (Phi) is 6.86. The maximum absolute atomic E-state index is 3.82. The van der Waals surface area contributed by atoms with Gasteiger partial charge in [0.2, 0.25) is 0 Å². The first-order valence-electron chi connectivity index (χ1n) is 7.52. The minimum atomic E-state index is 0.164. The van der Waals surface area contributed by atoms with Crippen molar-refractivity contribution in [3.05, 3.63) is 48.6 Å². The molecular formula is C18H29N. The summed E-state index contributed by atoms with van der Waals surface area (Å²) >= 11 is 0. The minimum absolute atomic E-state index is 0.164. The van der Waals surface area contributed by atoms with Gasteiger partial charge in [-0.3, -0.25) is 0 Å². The van der Waals surface area contributed by atoms with E-state index in [0.717, 1.165) is 13.0 Å². The zero-order chi connectivity index (χ0) is 14.1. The summed E-state index contributed by atoms with van der Waals surface area (Å²) in [4.78, 5) is 0. The normalized spacial score (nSPS) is 13.2. The first-order valence-corrected chi connectivity index (χ1v) is 7.52. The highest BCUT2D eigenvalue weighted by Crippen LogP contribution is 2.29. The molecule has 0 radical (unpaired) electrons. The van der Waals surface area contributed by atoms with Crippen molar-refractivity contribution in [3.8, 4) is 0 Å². The lowest BCUT2D eigenvalue weighted by atomic mass is 9.75. The lowest BCUT2D eigenvalue weighted by Crippen LogP contribution is -2.45. The second kappa shape index (κ2) is 8.16. The van der Waals surface area contributed by atoms with Crippen molar-refractivity contribution in [1.29, 1.82) is 0 Å². The van der Waals surface area contributed by atoms with Crippen LogP contribution in [0.1, 0.15) is 52.0 Å². The molecule has 19 heavy (non-hydrogen) atoms. The minimum Gasteiger partial charge on any atom is -0.313 e. The third-order valence-corrected chi connectivity index (χ3v) is 3.93. The van der Waals surface area contributed by atoms with E-state index < -0.39 is 0 Å². The van der Waals surface area contributed by atoms with E-state index in [1.807, 2.05) is 6.08 Å². The van der Waals surface area contributed by atoms with Gasteiger partial charge in [0.15, 0.2) is 0 Å². The molecule has 0 aromatic heterocycles. The van der Waals surface area contributed by atoms with E-state index in [2.05, 4.69) is 63.0 Å². The van der Waals surface area contributed by atoms with Gasteiger partial charge in [-0.25, -0.2) is 0 Å². The van der Waals surface area contributed by atoms with Gasteiger partial charge in [0, 0.05) is 11.5 Å². The molecule has 1 aromatic carbocycles. The van der Waals surface area contributed by atoms with E-state index in [4.69, 9.17) is 0 Å². The van der Waals surface area contributed by atoms with E-state index in [0.29, 0.717) is 6.04 Å². The van der Waals surface area contributed by atoms with Crippen molar-refractivity contribution in [2.75, 3.05) is 6.54 Å². The van der Waals surface area contributed by atoms with E-state index in [9.17, 15) is 0 Å². The van der Waals surface area contributed by atoms with Gasteiger partial charge in [0.25, 0.3) is 0 Å². The Hall–Kier alpha value is -1.08. The Morgan fingerprint density at radius 2 is 1.95 bits per heavy atom. The van der Waals surface area contributed by atoms with E-state index in [-0.39, 0.29) is 5.41 Å². The number of nitrogens with one attached hydrogen (secondary N) is 1. The van der Waals surface area contributed by atoms with Gasteiger partial charge in [0.1, 0.15) is 0 Å². The molecule has 0 fully saturated rings. The summed E-state index contributed by atoms with van der Waals surface area (Å²) < 4.78 is 0. The summed E-state index contributed by atoms with van der Waals surface area (Å²) in [6, 6.07) is 11.4. The summed E-state index contributed by atoms with van der Waals surface area (Å²) in [5.41, 5.74) is 1.58. The van der Waals surface area contributed by atoms with Crippen LogP contribution in [0.25, 0.3) is 0 Å². The molecule has 0 heterocycles. The number of benzene rings is 1. The summed E-state index contributed by atoms with van der Waals surface area (Å²) in [6.45, 7) is 11.8. The largest absolute Gasteiger partial charge is 0.313 e. The van der Waals surface area contributed by atoms with Crippen molar-refractivity contribution < 1.29 is 0 Å². The molecule has 1 rings (SSSR count). The molecule has 1 unspecified atom stereocenters. The Bertz CT molecular complexity index is 353. The Morgan fingerprint density at radius 3 is 2.53 bits per heavy atom. The Balaban J connectivity index is 2.78. The molecule has 0 saturated carbocycles. The zero-order valence-electron chi connectivity index (χ0n) is 12.8. The van der Waals surface area contributed by atoms with Gasteiger partial charge in [-0.15, -0.1) is 6.58 Å². The lowest BCUT2D eigenvalue weighted by Gasteiger charge is -2.36. The van der Waals surface area contributed by atoms with Crippen molar-refractivity contribution in [2.24, 2.45) is 0 Å². The van der Waals surface area contributed by atoms with Crippen LogP contribution in [0.3, 0.4) is 0 Å². The molecule has 1 atom stereocenters. The number of hydrogen-bond donors (Lipinski definition) is 1. The first kappa shape index (κ1) is 16.0. The highest BCUT2D eigenvalue weighted by molar-refractivity contribution is 5.25. The molecule has 1 aromatic rings. The molecule has 1 heteroatoms. The summed E-state index contributed by atoms with van der Waals surface area (Å²) in [6.07, 6.45) is 6.72. The van der Waals surface area contributed by atoms with Crippen molar-refractivity contribution in [2.45, 2.75) is 57.9 Å². The van der Waals surface area contributed by atoms with Crippen LogP contribution in [0.4, 0.5) is 0 Å². The topological polar surface area (TPSA) is 12.0 Å². The molecule has 0 saturated heterocycles. The molecule has 1 N–H and O–H groups in total. The monoisotopic (exact) mass is 259 g/mol. The number of allylic oxidation sites excluding steroid dienone is 1. The van der Waals surface area contributed by atoms with Crippen LogP contribution in [-0.2, 0) is 5.41 Å². The average Bonchev–Trinajstić information content (AvgIpc) is 2.43. The van der Waals surface area contributed by atoms with Crippen LogP contribution >= 0.6 is 0 Å². The predicted molar refractivity (Wildman–Crippen MR) is 85.6 cm³/mol. The Morgan fingerprint density at radius 1 is 1.26 bits per heavy atom. The van der Waals surface area contributed by atoms with Gasteiger partial charge < -0.3 is 5.32 Å². The van der Waals surface area contributed by atoms with Crippen molar-refractivity contribution in [3.63, 3.8) is 0 Å². The third-order valence-electron chi connectivity index (χ3n) is 3.93. The van der Waals surface area contributed by atoms with Gasteiger partial charge in [-0.05, 0) is 37.8 Å². The Labute approximate surface area is 119 Å². The SMILES string of the molecule is C=CCCCC(NCCC)C(C)(C)c1ccccc1. The highest BCUT2D eigenvalue weighted by atomic mass is 14.9. The fraction of sp³-hybridized carbons (Fsp3) is 0.556.